The van der Waals surface area contributed by atoms with Crippen molar-refractivity contribution in [1.82, 2.24) is 0 Å². The second-order valence-corrected chi connectivity index (χ2v) is 10.2. The molecule has 0 spiro atoms. The summed E-state index contributed by atoms with van der Waals surface area (Å²) >= 11 is 0. The molecule has 2 N–H and O–H groups in total. The van der Waals surface area contributed by atoms with Crippen LogP contribution >= 0.6 is 0 Å². The van der Waals surface area contributed by atoms with Gasteiger partial charge in [-0.3, -0.25) is 0 Å². The number of aliphatic hydroxyl groups is 1. The molecule has 1 aromatic carbocycles. The first-order valence-electron chi connectivity index (χ1n) is 12.4. The molecule has 0 aromatic heterocycles. The van der Waals surface area contributed by atoms with Gasteiger partial charge in [0, 0.05) is 0 Å². The summed E-state index contributed by atoms with van der Waals surface area (Å²) in [6, 6.07) is 6.38. The highest BCUT2D eigenvalue weighted by Gasteiger charge is 2.30. The average molecular weight is 403 g/mol. The Labute approximate surface area is 180 Å². The lowest BCUT2D eigenvalue weighted by atomic mass is 9.73. The maximum atomic E-state index is 10.9. The van der Waals surface area contributed by atoms with Gasteiger partial charge in [-0.2, -0.15) is 0 Å². The molecule has 0 bridgehead atoms. The van der Waals surface area contributed by atoms with Crippen LogP contribution in [0.4, 0.5) is 0 Å². The van der Waals surface area contributed by atoms with Gasteiger partial charge in [0.1, 0.15) is 5.75 Å². The second kappa shape index (κ2) is 12.0. The van der Waals surface area contributed by atoms with E-state index in [0.29, 0.717) is 11.7 Å². The molecule has 1 fully saturated rings. The molecule has 2 nitrogen and oxygen atoms in total. The number of hydrogen-bond acceptors (Lipinski definition) is 2. The zero-order chi connectivity index (χ0) is 21.3. The molecular weight excluding hydrogens is 356 g/mol. The first-order chi connectivity index (χ1) is 13.9. The Kier molecular flexibility index (Phi) is 10.0. The van der Waals surface area contributed by atoms with Crippen molar-refractivity contribution in [3.05, 3.63) is 29.3 Å². The predicted octanol–water partition coefficient (Wildman–Crippen LogP) is 7.86. The molecule has 1 saturated carbocycles. The highest BCUT2D eigenvalue weighted by atomic mass is 16.3. The Morgan fingerprint density at radius 1 is 0.897 bits per heavy atom. The van der Waals surface area contributed by atoms with Gasteiger partial charge in [-0.1, -0.05) is 97.6 Å². The minimum absolute atomic E-state index is 0.0949. The Bertz CT molecular complexity index is 592. The van der Waals surface area contributed by atoms with Crippen molar-refractivity contribution in [3.8, 4) is 5.75 Å². The highest BCUT2D eigenvalue weighted by molar-refractivity contribution is 5.41. The number of phenolic OH excluding ortho intramolecular Hbond substituents is 1. The van der Waals surface area contributed by atoms with E-state index in [4.69, 9.17) is 0 Å². The summed E-state index contributed by atoms with van der Waals surface area (Å²) in [5, 5.41) is 21.3. The van der Waals surface area contributed by atoms with Crippen molar-refractivity contribution < 1.29 is 10.2 Å². The van der Waals surface area contributed by atoms with E-state index in [9.17, 15) is 10.2 Å². The highest BCUT2D eigenvalue weighted by Crippen LogP contribution is 2.43. The molecular formula is C27H46O2. The van der Waals surface area contributed by atoms with Gasteiger partial charge in [-0.15, -0.1) is 0 Å². The summed E-state index contributed by atoms with van der Waals surface area (Å²) in [4.78, 5) is 0. The number of hydrogen-bond donors (Lipinski definition) is 2. The van der Waals surface area contributed by atoms with E-state index < -0.39 is 0 Å². The normalized spacial score (nSPS) is 22.7. The summed E-state index contributed by atoms with van der Waals surface area (Å²) in [7, 11) is 0. The monoisotopic (exact) mass is 402 g/mol. The third-order valence-corrected chi connectivity index (χ3v) is 7.15. The summed E-state index contributed by atoms with van der Waals surface area (Å²) in [6.45, 7) is 9.09. The summed E-state index contributed by atoms with van der Waals surface area (Å²) in [5.41, 5.74) is 2.38. The van der Waals surface area contributed by atoms with Crippen LogP contribution in [-0.2, 0) is 5.41 Å². The van der Waals surface area contributed by atoms with Crippen LogP contribution in [0.25, 0.3) is 0 Å². The first kappa shape index (κ1) is 24.3. The van der Waals surface area contributed by atoms with Crippen molar-refractivity contribution in [2.24, 2.45) is 5.92 Å². The zero-order valence-electron chi connectivity index (χ0n) is 19.6. The van der Waals surface area contributed by atoms with E-state index in [2.05, 4.69) is 39.8 Å². The lowest BCUT2D eigenvalue weighted by Gasteiger charge is -2.34. The van der Waals surface area contributed by atoms with Gasteiger partial charge in [-0.05, 0) is 60.1 Å². The quantitative estimate of drug-likeness (QED) is 0.349. The summed E-state index contributed by atoms with van der Waals surface area (Å²) in [6.07, 6.45) is 15.3. The number of aliphatic hydroxyl groups excluding tert-OH is 1. The van der Waals surface area contributed by atoms with Gasteiger partial charge in [0.25, 0.3) is 0 Å². The molecule has 2 rings (SSSR count). The predicted molar refractivity (Wildman–Crippen MR) is 125 cm³/mol. The van der Waals surface area contributed by atoms with Crippen molar-refractivity contribution in [1.29, 1.82) is 0 Å². The molecule has 3 unspecified atom stereocenters. The van der Waals surface area contributed by atoms with Gasteiger partial charge in [0.15, 0.2) is 0 Å². The Morgan fingerprint density at radius 2 is 1.59 bits per heavy atom. The fourth-order valence-electron chi connectivity index (χ4n) is 5.20. The van der Waals surface area contributed by atoms with E-state index in [1.807, 2.05) is 6.07 Å². The smallest absolute Gasteiger partial charge is 0.119 e. The number of benzene rings is 1. The summed E-state index contributed by atoms with van der Waals surface area (Å²) in [5.74, 6) is 1.32. The molecule has 1 aromatic rings. The molecule has 0 aliphatic heterocycles. The van der Waals surface area contributed by atoms with Crippen molar-refractivity contribution >= 4 is 0 Å². The zero-order valence-corrected chi connectivity index (χ0v) is 19.6. The van der Waals surface area contributed by atoms with Gasteiger partial charge in [0.2, 0.25) is 0 Å². The van der Waals surface area contributed by atoms with Gasteiger partial charge < -0.3 is 10.2 Å². The minimum atomic E-state index is -0.223. The topological polar surface area (TPSA) is 40.5 Å². The van der Waals surface area contributed by atoms with Crippen LogP contribution in [0.1, 0.15) is 128 Å². The number of unbranched alkanes of at least 4 members (excludes halogenated alkanes) is 6. The van der Waals surface area contributed by atoms with Crippen molar-refractivity contribution in [2.75, 3.05) is 0 Å². The summed E-state index contributed by atoms with van der Waals surface area (Å²) < 4.78 is 0. The third kappa shape index (κ3) is 7.63. The van der Waals surface area contributed by atoms with Gasteiger partial charge >= 0.3 is 0 Å². The van der Waals surface area contributed by atoms with Crippen molar-refractivity contribution in [3.63, 3.8) is 0 Å². The molecule has 29 heavy (non-hydrogen) atoms. The molecule has 0 radical (unpaired) electrons. The Morgan fingerprint density at radius 3 is 2.24 bits per heavy atom. The molecule has 0 saturated heterocycles. The van der Waals surface area contributed by atoms with Crippen LogP contribution in [-0.4, -0.2) is 16.3 Å². The maximum Gasteiger partial charge on any atom is 0.119 e. The lowest BCUT2D eigenvalue weighted by molar-refractivity contribution is 0.0851. The molecule has 0 amide bonds. The van der Waals surface area contributed by atoms with E-state index >= 15 is 0 Å². The Hall–Kier alpha value is -1.02. The molecule has 1 aliphatic carbocycles. The fraction of sp³-hybridized carbons (Fsp3) is 0.778. The second-order valence-electron chi connectivity index (χ2n) is 10.2. The van der Waals surface area contributed by atoms with Crippen LogP contribution < -0.4 is 0 Å². The van der Waals surface area contributed by atoms with Gasteiger partial charge in [0.05, 0.1) is 6.10 Å². The molecule has 2 heteroatoms. The molecule has 166 valence electrons. The molecule has 1 aliphatic rings. The number of aromatic hydroxyl groups is 1. The number of rotatable bonds is 12. The standard InChI is InChI=1S/C27H46O2/c1-5-7-9-11-13-21-17-22(19-24(28)18-21)25-15-14-23(20-26(25)29)27(3,4)16-12-10-8-6-2/h14-15,20-22,24,28-29H,5-13,16-19H2,1-4H3. The van der Waals surface area contributed by atoms with E-state index in [1.165, 1.54) is 63.4 Å². The number of phenols is 1. The first-order valence-corrected chi connectivity index (χ1v) is 12.4. The maximum absolute atomic E-state index is 10.9. The van der Waals surface area contributed by atoms with Crippen LogP contribution in [0.3, 0.4) is 0 Å². The van der Waals surface area contributed by atoms with Crippen molar-refractivity contribution in [2.45, 2.75) is 129 Å². The third-order valence-electron chi connectivity index (χ3n) is 7.15. The Balaban J connectivity index is 2.00. The van der Waals surface area contributed by atoms with Crippen LogP contribution in [0, 0.1) is 5.92 Å². The minimum Gasteiger partial charge on any atom is -0.508 e. The van der Waals surface area contributed by atoms with Crippen LogP contribution in [0.15, 0.2) is 18.2 Å². The molecule has 0 heterocycles. The van der Waals surface area contributed by atoms with E-state index in [-0.39, 0.29) is 17.4 Å². The van der Waals surface area contributed by atoms with E-state index in [0.717, 1.165) is 31.2 Å². The van der Waals surface area contributed by atoms with E-state index in [1.54, 1.807) is 0 Å². The largest absolute Gasteiger partial charge is 0.508 e. The van der Waals surface area contributed by atoms with Crippen LogP contribution in [0.2, 0.25) is 0 Å². The SMILES string of the molecule is CCCCCCC1CC(O)CC(c2ccc(C(C)(C)CCCCCC)cc2O)C1. The van der Waals surface area contributed by atoms with Crippen LogP contribution in [0.5, 0.6) is 5.75 Å². The molecule has 3 atom stereocenters. The lowest BCUT2D eigenvalue weighted by Crippen LogP contribution is -2.25. The fourth-order valence-corrected chi connectivity index (χ4v) is 5.20. The average Bonchev–Trinajstić information content (AvgIpc) is 2.68. The van der Waals surface area contributed by atoms with Gasteiger partial charge in [-0.25, -0.2) is 0 Å².